The SMILES string of the molecule is CCC(C)C1C[C@](O)(C(F)(F)F)CC(C)N1CC(=O)c1cc(C)n(-c2ccc(C#N)cc2)c1C. The fraction of sp³-hybridized carbons (Fsp3) is 0.538. The van der Waals surface area contributed by atoms with Crippen LogP contribution in [0.2, 0.25) is 0 Å². The van der Waals surface area contributed by atoms with Crippen molar-refractivity contribution in [3.63, 3.8) is 0 Å². The number of ketones is 1. The summed E-state index contributed by atoms with van der Waals surface area (Å²) < 4.78 is 42.9. The van der Waals surface area contributed by atoms with Crippen molar-refractivity contribution in [2.75, 3.05) is 6.54 Å². The molecule has 0 spiro atoms. The number of benzene rings is 1. The highest BCUT2D eigenvalue weighted by Crippen LogP contribution is 2.44. The van der Waals surface area contributed by atoms with Gasteiger partial charge in [0.1, 0.15) is 0 Å². The Morgan fingerprint density at radius 3 is 2.41 bits per heavy atom. The molecule has 1 fully saturated rings. The van der Waals surface area contributed by atoms with Crippen molar-refractivity contribution < 1.29 is 23.1 Å². The first-order valence-electron chi connectivity index (χ1n) is 11.6. The van der Waals surface area contributed by atoms with Gasteiger partial charge in [-0.05, 0) is 57.0 Å². The molecule has 2 heterocycles. The van der Waals surface area contributed by atoms with Gasteiger partial charge in [0.2, 0.25) is 0 Å². The summed E-state index contributed by atoms with van der Waals surface area (Å²) in [6.07, 6.45) is -4.97. The van der Waals surface area contributed by atoms with E-state index in [2.05, 4.69) is 6.07 Å². The van der Waals surface area contributed by atoms with Crippen LogP contribution in [0.15, 0.2) is 30.3 Å². The van der Waals surface area contributed by atoms with Gasteiger partial charge in [0.25, 0.3) is 0 Å². The van der Waals surface area contributed by atoms with E-state index in [0.717, 1.165) is 17.1 Å². The topological polar surface area (TPSA) is 69.3 Å². The van der Waals surface area contributed by atoms with Gasteiger partial charge >= 0.3 is 6.18 Å². The maximum atomic E-state index is 13.6. The molecule has 2 aromatic rings. The second kappa shape index (κ2) is 9.55. The first kappa shape index (κ1) is 26.0. The number of hydrogen-bond donors (Lipinski definition) is 1. The molecule has 1 aromatic heterocycles. The summed E-state index contributed by atoms with van der Waals surface area (Å²) in [5.41, 5.74) is 0.731. The molecule has 34 heavy (non-hydrogen) atoms. The van der Waals surface area contributed by atoms with Crippen LogP contribution in [-0.4, -0.2) is 50.8 Å². The number of hydrogen-bond acceptors (Lipinski definition) is 4. The molecular formula is C26H32F3N3O2. The van der Waals surface area contributed by atoms with Gasteiger partial charge < -0.3 is 9.67 Å². The number of carbonyl (C=O) groups is 1. The molecule has 0 saturated carbocycles. The molecule has 0 aliphatic carbocycles. The van der Waals surface area contributed by atoms with Crippen molar-refractivity contribution in [1.29, 1.82) is 5.26 Å². The quantitative estimate of drug-likeness (QED) is 0.573. The van der Waals surface area contributed by atoms with Crippen LogP contribution in [0.3, 0.4) is 0 Å². The average molecular weight is 476 g/mol. The van der Waals surface area contributed by atoms with Crippen LogP contribution in [0, 0.1) is 31.1 Å². The van der Waals surface area contributed by atoms with E-state index in [1.165, 1.54) is 0 Å². The molecule has 184 valence electrons. The van der Waals surface area contributed by atoms with Crippen LogP contribution in [0.5, 0.6) is 0 Å². The average Bonchev–Trinajstić information content (AvgIpc) is 3.08. The number of carbonyl (C=O) groups excluding carboxylic acids is 1. The molecule has 1 aliphatic rings. The summed E-state index contributed by atoms with van der Waals surface area (Å²) in [7, 11) is 0. The molecule has 3 rings (SSSR count). The fourth-order valence-electron chi connectivity index (χ4n) is 5.16. The first-order chi connectivity index (χ1) is 15.8. The number of aryl methyl sites for hydroxylation is 1. The minimum atomic E-state index is -4.71. The van der Waals surface area contributed by atoms with Crippen LogP contribution in [0.4, 0.5) is 13.2 Å². The third kappa shape index (κ3) is 4.77. The lowest BCUT2D eigenvalue weighted by molar-refractivity contribution is -0.284. The van der Waals surface area contributed by atoms with E-state index in [-0.39, 0.29) is 18.2 Å². The normalized spacial score (nSPS) is 24.6. The van der Waals surface area contributed by atoms with Crippen molar-refractivity contribution >= 4 is 5.78 Å². The van der Waals surface area contributed by atoms with Gasteiger partial charge in [0, 0.05) is 47.6 Å². The van der Waals surface area contributed by atoms with Crippen molar-refractivity contribution in [1.82, 2.24) is 9.47 Å². The van der Waals surface area contributed by atoms with Crippen LogP contribution in [-0.2, 0) is 0 Å². The lowest BCUT2D eigenvalue weighted by Crippen LogP contribution is -2.62. The van der Waals surface area contributed by atoms with Gasteiger partial charge in [0.05, 0.1) is 18.2 Å². The number of aliphatic hydroxyl groups is 1. The zero-order valence-corrected chi connectivity index (χ0v) is 20.3. The number of halogens is 3. The Kier molecular flexibility index (Phi) is 7.30. The lowest BCUT2D eigenvalue weighted by Gasteiger charge is -2.50. The van der Waals surface area contributed by atoms with Crippen molar-refractivity contribution in [3.05, 3.63) is 52.8 Å². The lowest BCUT2D eigenvalue weighted by atomic mass is 9.77. The highest BCUT2D eigenvalue weighted by atomic mass is 19.4. The number of nitriles is 1. The molecule has 4 atom stereocenters. The highest BCUT2D eigenvalue weighted by molar-refractivity contribution is 5.99. The van der Waals surface area contributed by atoms with Crippen molar-refractivity contribution in [2.45, 2.75) is 77.7 Å². The Morgan fingerprint density at radius 1 is 1.26 bits per heavy atom. The molecule has 0 amide bonds. The second-order valence-corrected chi connectivity index (χ2v) is 9.61. The number of Topliss-reactive ketones (excluding diaryl/α,β-unsaturated/α-hetero) is 1. The van der Waals surface area contributed by atoms with E-state index in [1.54, 1.807) is 25.1 Å². The molecule has 3 unspecified atom stereocenters. The number of nitrogens with zero attached hydrogens (tertiary/aromatic N) is 3. The molecule has 0 radical (unpaired) electrons. The van der Waals surface area contributed by atoms with E-state index in [1.807, 2.05) is 49.3 Å². The number of alkyl halides is 3. The summed E-state index contributed by atoms with van der Waals surface area (Å²) >= 11 is 0. The number of piperidine rings is 1. The fourth-order valence-corrected chi connectivity index (χ4v) is 5.16. The van der Waals surface area contributed by atoms with E-state index in [4.69, 9.17) is 5.26 Å². The molecular weight excluding hydrogens is 443 g/mol. The second-order valence-electron chi connectivity index (χ2n) is 9.61. The van der Waals surface area contributed by atoms with Gasteiger partial charge in [-0.15, -0.1) is 0 Å². The van der Waals surface area contributed by atoms with Gasteiger partial charge in [0.15, 0.2) is 11.4 Å². The molecule has 1 saturated heterocycles. The Hall–Kier alpha value is -2.63. The minimum Gasteiger partial charge on any atom is -0.380 e. The number of aromatic nitrogens is 1. The van der Waals surface area contributed by atoms with Crippen molar-refractivity contribution in [2.24, 2.45) is 5.92 Å². The molecule has 1 aromatic carbocycles. The van der Waals surface area contributed by atoms with E-state index in [9.17, 15) is 23.1 Å². The van der Waals surface area contributed by atoms with E-state index >= 15 is 0 Å². The van der Waals surface area contributed by atoms with Crippen LogP contribution >= 0.6 is 0 Å². The highest BCUT2D eigenvalue weighted by Gasteiger charge is 2.59. The maximum Gasteiger partial charge on any atom is 0.417 e. The molecule has 8 heteroatoms. The van der Waals surface area contributed by atoms with Gasteiger partial charge in [-0.25, -0.2) is 0 Å². The number of likely N-dealkylation sites (tertiary alicyclic amines) is 1. The van der Waals surface area contributed by atoms with Gasteiger partial charge in [-0.3, -0.25) is 9.69 Å². The predicted molar refractivity (Wildman–Crippen MR) is 124 cm³/mol. The largest absolute Gasteiger partial charge is 0.417 e. The molecule has 1 N–H and O–H groups in total. The monoisotopic (exact) mass is 475 g/mol. The van der Waals surface area contributed by atoms with Gasteiger partial charge in [-0.2, -0.15) is 18.4 Å². The van der Waals surface area contributed by atoms with E-state index in [0.29, 0.717) is 17.5 Å². The molecule has 1 aliphatic heterocycles. The van der Waals surface area contributed by atoms with Crippen molar-refractivity contribution in [3.8, 4) is 11.8 Å². The summed E-state index contributed by atoms with van der Waals surface area (Å²) in [6, 6.07) is 9.77. The summed E-state index contributed by atoms with van der Waals surface area (Å²) in [6.45, 7) is 9.14. The Balaban J connectivity index is 1.90. The third-order valence-electron chi connectivity index (χ3n) is 7.31. The minimum absolute atomic E-state index is 0.0121. The maximum absolute atomic E-state index is 13.6. The van der Waals surface area contributed by atoms with Crippen LogP contribution in [0.25, 0.3) is 5.69 Å². The smallest absolute Gasteiger partial charge is 0.380 e. The van der Waals surface area contributed by atoms with Crippen LogP contribution in [0.1, 0.15) is 67.3 Å². The number of rotatable bonds is 6. The van der Waals surface area contributed by atoms with Crippen LogP contribution < -0.4 is 0 Å². The predicted octanol–water partition coefficient (Wildman–Crippen LogP) is 5.34. The summed E-state index contributed by atoms with van der Waals surface area (Å²) in [5.74, 6) is -0.277. The Labute approximate surface area is 198 Å². The summed E-state index contributed by atoms with van der Waals surface area (Å²) in [5, 5.41) is 19.5. The third-order valence-corrected chi connectivity index (χ3v) is 7.31. The first-order valence-corrected chi connectivity index (χ1v) is 11.6. The summed E-state index contributed by atoms with van der Waals surface area (Å²) in [4.78, 5) is 15.2. The van der Waals surface area contributed by atoms with Gasteiger partial charge in [-0.1, -0.05) is 20.3 Å². The Morgan fingerprint density at radius 2 is 1.88 bits per heavy atom. The zero-order valence-electron chi connectivity index (χ0n) is 20.3. The molecule has 0 bridgehead atoms. The molecule has 5 nitrogen and oxygen atoms in total. The standard InChI is InChI=1S/C26H32F3N3O2/c1-6-16(2)23-13-25(34,26(27,28)29)12-18(4)31(23)15-24(33)22-11-17(3)32(19(22)5)21-9-7-20(14-30)8-10-21/h7-11,16,18,23,34H,6,12-13,15H2,1-5H3/t16?,18?,23?,25-/m0/s1. The van der Waals surface area contributed by atoms with E-state index < -0.39 is 36.7 Å². The Bertz CT molecular complexity index is 1080. The zero-order chi connectivity index (χ0) is 25.4.